The lowest BCUT2D eigenvalue weighted by Crippen LogP contribution is -2.01. The lowest BCUT2D eigenvalue weighted by molar-refractivity contribution is -0.137. The number of ether oxygens (including phenoxy) is 1. The number of allylic oxidation sites excluding steroid dienone is 1. The van der Waals surface area contributed by atoms with Crippen LogP contribution in [0.25, 0.3) is 5.57 Å². The van der Waals surface area contributed by atoms with Crippen molar-refractivity contribution in [3.63, 3.8) is 0 Å². The van der Waals surface area contributed by atoms with Gasteiger partial charge in [-0.1, -0.05) is 15.9 Å². The standard InChI is InChI=1S/C10H11BrO3/c1-2-13-10(12)6-8(7-11)9-4-3-5-14-9/h3-6H,2,7H2,1H3. The molecular weight excluding hydrogens is 248 g/mol. The first kappa shape index (κ1) is 11.0. The minimum atomic E-state index is -0.349. The zero-order valence-electron chi connectivity index (χ0n) is 7.83. The normalized spacial score (nSPS) is 11.4. The summed E-state index contributed by atoms with van der Waals surface area (Å²) >= 11 is 3.28. The molecule has 0 N–H and O–H groups in total. The molecule has 1 heterocycles. The Morgan fingerprint density at radius 1 is 1.71 bits per heavy atom. The number of esters is 1. The number of rotatable bonds is 4. The number of hydrogen-bond acceptors (Lipinski definition) is 3. The highest BCUT2D eigenvalue weighted by molar-refractivity contribution is 9.09. The van der Waals surface area contributed by atoms with E-state index in [0.717, 1.165) is 5.57 Å². The molecule has 0 spiro atoms. The number of hydrogen-bond donors (Lipinski definition) is 0. The van der Waals surface area contributed by atoms with Crippen molar-refractivity contribution in [2.75, 3.05) is 11.9 Å². The number of carbonyl (C=O) groups excluding carboxylic acids is 1. The van der Waals surface area contributed by atoms with Crippen LogP contribution < -0.4 is 0 Å². The molecule has 4 heteroatoms. The van der Waals surface area contributed by atoms with E-state index in [-0.39, 0.29) is 5.97 Å². The van der Waals surface area contributed by atoms with E-state index in [1.54, 1.807) is 25.3 Å². The van der Waals surface area contributed by atoms with E-state index in [0.29, 0.717) is 17.7 Å². The van der Waals surface area contributed by atoms with Gasteiger partial charge in [0.15, 0.2) is 0 Å². The highest BCUT2D eigenvalue weighted by Gasteiger charge is 2.06. The number of halogens is 1. The Morgan fingerprint density at radius 3 is 3.00 bits per heavy atom. The van der Waals surface area contributed by atoms with E-state index in [9.17, 15) is 4.79 Å². The molecule has 0 aromatic carbocycles. The topological polar surface area (TPSA) is 39.4 Å². The molecule has 1 rings (SSSR count). The average Bonchev–Trinajstić information content (AvgIpc) is 2.67. The summed E-state index contributed by atoms with van der Waals surface area (Å²) in [7, 11) is 0. The van der Waals surface area contributed by atoms with Crippen LogP contribution in [0.15, 0.2) is 28.9 Å². The molecule has 1 aromatic heterocycles. The SMILES string of the molecule is CCOC(=O)C=C(CBr)c1ccco1. The molecule has 0 aliphatic heterocycles. The molecule has 0 unspecified atom stereocenters. The van der Waals surface area contributed by atoms with Crippen LogP contribution in [0.2, 0.25) is 0 Å². The third-order valence-corrected chi connectivity index (χ3v) is 2.16. The van der Waals surface area contributed by atoms with Crippen molar-refractivity contribution in [1.82, 2.24) is 0 Å². The van der Waals surface area contributed by atoms with Crippen molar-refractivity contribution < 1.29 is 13.9 Å². The summed E-state index contributed by atoms with van der Waals surface area (Å²) in [6.45, 7) is 2.15. The van der Waals surface area contributed by atoms with Crippen LogP contribution in [0.4, 0.5) is 0 Å². The molecule has 0 aliphatic carbocycles. The molecule has 0 atom stereocenters. The van der Waals surface area contributed by atoms with E-state index in [1.807, 2.05) is 0 Å². The van der Waals surface area contributed by atoms with Gasteiger partial charge in [-0.05, 0) is 19.1 Å². The van der Waals surface area contributed by atoms with Crippen LogP contribution in [0.5, 0.6) is 0 Å². The van der Waals surface area contributed by atoms with Gasteiger partial charge in [0.1, 0.15) is 5.76 Å². The van der Waals surface area contributed by atoms with E-state index in [1.165, 1.54) is 6.08 Å². The predicted octanol–water partition coefficient (Wildman–Crippen LogP) is 2.62. The molecule has 0 saturated heterocycles. The lowest BCUT2D eigenvalue weighted by atomic mass is 10.2. The minimum absolute atomic E-state index is 0.349. The van der Waals surface area contributed by atoms with Crippen molar-refractivity contribution >= 4 is 27.5 Å². The number of alkyl halides is 1. The van der Waals surface area contributed by atoms with Gasteiger partial charge in [-0.15, -0.1) is 0 Å². The maximum atomic E-state index is 11.1. The summed E-state index contributed by atoms with van der Waals surface area (Å²) < 4.78 is 9.95. The van der Waals surface area contributed by atoms with E-state index >= 15 is 0 Å². The molecule has 1 aromatic rings. The van der Waals surface area contributed by atoms with Gasteiger partial charge in [-0.3, -0.25) is 0 Å². The van der Waals surface area contributed by atoms with Gasteiger partial charge in [0, 0.05) is 17.0 Å². The van der Waals surface area contributed by atoms with E-state index in [2.05, 4.69) is 15.9 Å². The fourth-order valence-electron chi connectivity index (χ4n) is 0.963. The molecule has 0 bridgehead atoms. The fourth-order valence-corrected chi connectivity index (χ4v) is 1.40. The van der Waals surface area contributed by atoms with Gasteiger partial charge in [0.05, 0.1) is 12.9 Å². The largest absolute Gasteiger partial charge is 0.465 e. The second kappa shape index (κ2) is 5.65. The van der Waals surface area contributed by atoms with Crippen LogP contribution in [-0.4, -0.2) is 17.9 Å². The summed E-state index contributed by atoms with van der Waals surface area (Å²) in [6, 6.07) is 3.57. The van der Waals surface area contributed by atoms with Crippen molar-refractivity contribution in [2.45, 2.75) is 6.92 Å². The Kier molecular flexibility index (Phi) is 4.46. The van der Waals surface area contributed by atoms with Gasteiger partial charge in [-0.25, -0.2) is 4.79 Å². The minimum Gasteiger partial charge on any atom is -0.465 e. The molecule has 0 fully saturated rings. The summed E-state index contributed by atoms with van der Waals surface area (Å²) in [6.07, 6.45) is 2.99. The molecule has 76 valence electrons. The van der Waals surface area contributed by atoms with Crippen molar-refractivity contribution in [3.8, 4) is 0 Å². The highest BCUT2D eigenvalue weighted by Crippen LogP contribution is 2.17. The molecule has 0 saturated carbocycles. The summed E-state index contributed by atoms with van der Waals surface area (Å²) in [5, 5.41) is 0.555. The second-order valence-corrected chi connectivity index (χ2v) is 3.09. The molecule has 3 nitrogen and oxygen atoms in total. The van der Waals surface area contributed by atoms with Gasteiger partial charge < -0.3 is 9.15 Å². The number of furan rings is 1. The Labute approximate surface area is 90.9 Å². The van der Waals surface area contributed by atoms with Crippen molar-refractivity contribution in [2.24, 2.45) is 0 Å². The maximum absolute atomic E-state index is 11.1. The Morgan fingerprint density at radius 2 is 2.50 bits per heavy atom. The quantitative estimate of drug-likeness (QED) is 0.474. The second-order valence-electron chi connectivity index (χ2n) is 2.53. The Hall–Kier alpha value is -1.03. The Bertz CT molecular complexity index is 314. The van der Waals surface area contributed by atoms with Gasteiger partial charge in [0.2, 0.25) is 0 Å². The average molecular weight is 259 g/mol. The molecule has 0 amide bonds. The summed E-state index contributed by atoms with van der Waals surface area (Å²) in [5.74, 6) is 0.327. The van der Waals surface area contributed by atoms with E-state index < -0.39 is 0 Å². The van der Waals surface area contributed by atoms with Crippen LogP contribution in [0.1, 0.15) is 12.7 Å². The smallest absolute Gasteiger partial charge is 0.331 e. The zero-order chi connectivity index (χ0) is 10.4. The first-order valence-corrected chi connectivity index (χ1v) is 5.37. The lowest BCUT2D eigenvalue weighted by Gasteiger charge is -1.99. The monoisotopic (exact) mass is 258 g/mol. The number of carbonyl (C=O) groups is 1. The first-order valence-electron chi connectivity index (χ1n) is 4.25. The van der Waals surface area contributed by atoms with Crippen LogP contribution >= 0.6 is 15.9 Å². The van der Waals surface area contributed by atoms with Gasteiger partial charge in [0.25, 0.3) is 0 Å². The molecule has 14 heavy (non-hydrogen) atoms. The van der Waals surface area contributed by atoms with Crippen molar-refractivity contribution in [3.05, 3.63) is 30.2 Å². The molecular formula is C10H11BrO3. The fraction of sp³-hybridized carbons (Fsp3) is 0.300. The Balaban J connectivity index is 2.76. The van der Waals surface area contributed by atoms with Crippen LogP contribution in [0.3, 0.4) is 0 Å². The highest BCUT2D eigenvalue weighted by atomic mass is 79.9. The third-order valence-electron chi connectivity index (χ3n) is 1.56. The summed E-state index contributed by atoms with van der Waals surface area (Å²) in [4.78, 5) is 11.1. The van der Waals surface area contributed by atoms with Crippen LogP contribution in [0, 0.1) is 0 Å². The first-order chi connectivity index (χ1) is 6.77. The van der Waals surface area contributed by atoms with E-state index in [4.69, 9.17) is 9.15 Å². The maximum Gasteiger partial charge on any atom is 0.331 e. The van der Waals surface area contributed by atoms with Crippen LogP contribution in [-0.2, 0) is 9.53 Å². The van der Waals surface area contributed by atoms with Gasteiger partial charge >= 0.3 is 5.97 Å². The van der Waals surface area contributed by atoms with Gasteiger partial charge in [-0.2, -0.15) is 0 Å². The molecule has 0 radical (unpaired) electrons. The van der Waals surface area contributed by atoms with Crippen molar-refractivity contribution in [1.29, 1.82) is 0 Å². The summed E-state index contributed by atoms with van der Waals surface area (Å²) in [5.41, 5.74) is 0.772. The zero-order valence-corrected chi connectivity index (χ0v) is 9.41. The molecule has 0 aliphatic rings. The third kappa shape index (κ3) is 3.03. The predicted molar refractivity (Wildman–Crippen MR) is 57.1 cm³/mol.